The Morgan fingerprint density at radius 2 is 1.90 bits per heavy atom. The number of rotatable bonds is 6. The SMILES string of the molecule is C=CS/C(=N\C)c1ccc2cnc(C(/C=C\C(=C)N3CCN(C)CC3)=C/C)cc2c1. The van der Waals surface area contributed by atoms with Crippen LogP contribution in [0.3, 0.4) is 0 Å². The molecule has 1 saturated heterocycles. The number of nitrogens with zero attached hydrogens (tertiary/aromatic N) is 4. The van der Waals surface area contributed by atoms with Crippen molar-refractivity contribution in [3.63, 3.8) is 0 Å². The maximum atomic E-state index is 4.69. The van der Waals surface area contributed by atoms with E-state index in [1.807, 2.05) is 20.2 Å². The number of benzene rings is 1. The van der Waals surface area contributed by atoms with Gasteiger partial charge in [-0.3, -0.25) is 9.98 Å². The molecule has 1 aliphatic rings. The number of hydrogen-bond acceptors (Lipinski definition) is 5. The predicted octanol–water partition coefficient (Wildman–Crippen LogP) is 5.21. The minimum Gasteiger partial charge on any atom is -0.369 e. The molecule has 2 aromatic rings. The van der Waals surface area contributed by atoms with Crippen LogP contribution in [0.25, 0.3) is 16.3 Å². The summed E-state index contributed by atoms with van der Waals surface area (Å²) < 4.78 is 0. The minimum atomic E-state index is 0.955. The molecule has 0 N–H and O–H groups in total. The van der Waals surface area contributed by atoms with E-state index in [1.165, 1.54) is 11.8 Å². The van der Waals surface area contributed by atoms with Crippen LogP contribution in [0.4, 0.5) is 0 Å². The molecule has 2 heterocycles. The second-order valence-corrected chi connectivity index (χ2v) is 8.26. The summed E-state index contributed by atoms with van der Waals surface area (Å²) in [4.78, 5) is 13.8. The van der Waals surface area contributed by atoms with Crippen LogP contribution in [0, 0.1) is 0 Å². The summed E-state index contributed by atoms with van der Waals surface area (Å²) in [7, 11) is 3.97. The van der Waals surface area contributed by atoms with Crippen LogP contribution in [0.15, 0.2) is 77.9 Å². The van der Waals surface area contributed by atoms with E-state index in [2.05, 4.69) is 82.5 Å². The maximum Gasteiger partial charge on any atom is 0.101 e. The van der Waals surface area contributed by atoms with Gasteiger partial charge < -0.3 is 9.80 Å². The summed E-state index contributed by atoms with van der Waals surface area (Å²) in [5.74, 6) is 0. The zero-order chi connectivity index (χ0) is 21.5. The fraction of sp³-hybridized carbons (Fsp3) is 0.280. The standard InChI is InChI=1S/C25H30N4S/c1-6-20(9-8-19(3)29-14-12-28(5)13-15-29)24-17-23-16-21(25(26-4)30-7-2)10-11-22(23)18-27-24/h6-11,16-18H,2-3,12-15H2,1,4-5H3/b9-8-,20-6+,26-25-. The van der Waals surface area contributed by atoms with Gasteiger partial charge in [0.25, 0.3) is 0 Å². The van der Waals surface area contributed by atoms with Crippen molar-refractivity contribution < 1.29 is 0 Å². The molecule has 0 bridgehead atoms. The van der Waals surface area contributed by atoms with Gasteiger partial charge in [0.2, 0.25) is 0 Å². The van der Waals surface area contributed by atoms with Crippen molar-refractivity contribution in [3.8, 4) is 0 Å². The smallest absolute Gasteiger partial charge is 0.101 e. The Morgan fingerprint density at radius 3 is 2.57 bits per heavy atom. The summed E-state index contributed by atoms with van der Waals surface area (Å²) in [5, 5.41) is 5.03. The number of aromatic nitrogens is 1. The van der Waals surface area contributed by atoms with E-state index in [-0.39, 0.29) is 0 Å². The average Bonchev–Trinajstić information content (AvgIpc) is 2.77. The second kappa shape index (κ2) is 10.4. The first-order valence-electron chi connectivity index (χ1n) is 10.2. The summed E-state index contributed by atoms with van der Waals surface area (Å²) in [6.07, 6.45) is 8.25. The zero-order valence-corrected chi connectivity index (χ0v) is 19.0. The maximum absolute atomic E-state index is 4.69. The Balaban J connectivity index is 1.82. The van der Waals surface area contributed by atoms with Gasteiger partial charge >= 0.3 is 0 Å². The molecular formula is C25H30N4S. The zero-order valence-electron chi connectivity index (χ0n) is 18.1. The third-order valence-corrected chi connectivity index (χ3v) is 6.15. The van der Waals surface area contributed by atoms with Crippen LogP contribution in [0.2, 0.25) is 0 Å². The highest BCUT2D eigenvalue weighted by atomic mass is 32.2. The van der Waals surface area contributed by atoms with Crippen LogP contribution in [0.5, 0.6) is 0 Å². The summed E-state index contributed by atoms with van der Waals surface area (Å²) in [6.45, 7) is 14.3. The lowest BCUT2D eigenvalue weighted by atomic mass is 10.0. The van der Waals surface area contributed by atoms with Gasteiger partial charge in [-0.1, -0.05) is 49.2 Å². The van der Waals surface area contributed by atoms with E-state index < -0.39 is 0 Å². The third kappa shape index (κ3) is 5.29. The largest absolute Gasteiger partial charge is 0.369 e. The number of thioether (sulfide) groups is 1. The van der Waals surface area contributed by atoms with Gasteiger partial charge in [-0.05, 0) is 48.5 Å². The molecule has 0 radical (unpaired) electrons. The first-order valence-corrected chi connectivity index (χ1v) is 11.1. The molecule has 3 rings (SSSR count). The molecular weight excluding hydrogens is 388 g/mol. The number of pyridine rings is 1. The quantitative estimate of drug-likeness (QED) is 0.366. The summed E-state index contributed by atoms with van der Waals surface area (Å²) in [5.41, 5.74) is 4.18. The third-order valence-electron chi connectivity index (χ3n) is 5.34. The fourth-order valence-electron chi connectivity index (χ4n) is 3.48. The van der Waals surface area contributed by atoms with Gasteiger partial charge in [0.1, 0.15) is 5.04 Å². The molecule has 30 heavy (non-hydrogen) atoms. The average molecular weight is 419 g/mol. The normalized spacial score (nSPS) is 16.4. The molecule has 4 nitrogen and oxygen atoms in total. The number of likely N-dealkylation sites (N-methyl/N-ethyl adjacent to an activating group) is 1. The van der Waals surface area contributed by atoms with Crippen LogP contribution < -0.4 is 0 Å². The summed E-state index contributed by atoms with van der Waals surface area (Å²) >= 11 is 1.54. The Kier molecular flexibility index (Phi) is 7.66. The van der Waals surface area contributed by atoms with E-state index in [0.29, 0.717) is 0 Å². The molecule has 1 aliphatic heterocycles. The van der Waals surface area contributed by atoms with Crippen molar-refractivity contribution in [1.29, 1.82) is 0 Å². The Labute approximate surface area is 184 Å². The van der Waals surface area contributed by atoms with Gasteiger partial charge in [0, 0.05) is 56.1 Å². The number of aliphatic imine (C=N–C) groups is 1. The molecule has 1 fully saturated rings. The van der Waals surface area contributed by atoms with Crippen molar-refractivity contribution in [1.82, 2.24) is 14.8 Å². The molecule has 1 aromatic heterocycles. The minimum absolute atomic E-state index is 0.955. The van der Waals surface area contributed by atoms with E-state index >= 15 is 0 Å². The highest BCUT2D eigenvalue weighted by molar-refractivity contribution is 8.16. The Hall–Kier alpha value is -2.63. The van der Waals surface area contributed by atoms with E-state index in [0.717, 1.165) is 64.5 Å². The number of hydrogen-bond donors (Lipinski definition) is 0. The van der Waals surface area contributed by atoms with Gasteiger partial charge in [0.05, 0.1) is 5.69 Å². The van der Waals surface area contributed by atoms with Gasteiger partial charge in [-0.2, -0.15) is 0 Å². The summed E-state index contributed by atoms with van der Waals surface area (Å²) in [6, 6.07) is 8.48. The van der Waals surface area contributed by atoms with Crippen LogP contribution >= 0.6 is 11.8 Å². The first-order chi connectivity index (χ1) is 14.5. The lowest BCUT2D eigenvalue weighted by Gasteiger charge is -2.34. The van der Waals surface area contributed by atoms with E-state index in [4.69, 9.17) is 0 Å². The molecule has 0 amide bonds. The highest BCUT2D eigenvalue weighted by Crippen LogP contribution is 2.24. The van der Waals surface area contributed by atoms with Crippen molar-refractivity contribution in [2.75, 3.05) is 40.3 Å². The second-order valence-electron chi connectivity index (χ2n) is 7.30. The molecule has 0 saturated carbocycles. The number of fused-ring (bicyclic) bond motifs is 1. The molecule has 5 heteroatoms. The van der Waals surface area contributed by atoms with Crippen LogP contribution in [-0.2, 0) is 0 Å². The Bertz CT molecular complexity index is 1010. The fourth-order valence-corrected chi connectivity index (χ4v) is 4.00. The van der Waals surface area contributed by atoms with Crippen LogP contribution in [0.1, 0.15) is 18.2 Å². The monoisotopic (exact) mass is 418 g/mol. The van der Waals surface area contributed by atoms with Crippen molar-refractivity contribution in [2.24, 2.45) is 4.99 Å². The van der Waals surface area contributed by atoms with E-state index in [1.54, 1.807) is 5.41 Å². The number of piperazine rings is 1. The van der Waals surface area contributed by atoms with Crippen molar-refractivity contribution in [2.45, 2.75) is 6.92 Å². The molecule has 1 aromatic carbocycles. The molecule has 0 atom stereocenters. The van der Waals surface area contributed by atoms with E-state index in [9.17, 15) is 0 Å². The topological polar surface area (TPSA) is 31.7 Å². The lowest BCUT2D eigenvalue weighted by molar-refractivity contribution is 0.190. The Morgan fingerprint density at radius 1 is 1.13 bits per heavy atom. The highest BCUT2D eigenvalue weighted by Gasteiger charge is 2.13. The van der Waals surface area contributed by atoms with Crippen molar-refractivity contribution in [3.05, 3.63) is 84.2 Å². The predicted molar refractivity (Wildman–Crippen MR) is 133 cm³/mol. The van der Waals surface area contributed by atoms with Gasteiger partial charge in [-0.25, -0.2) is 0 Å². The lowest BCUT2D eigenvalue weighted by Crippen LogP contribution is -2.43. The van der Waals surface area contributed by atoms with Crippen LogP contribution in [-0.4, -0.2) is 60.1 Å². The molecule has 0 spiro atoms. The first kappa shape index (κ1) is 22.1. The van der Waals surface area contributed by atoms with Gasteiger partial charge in [-0.15, -0.1) is 0 Å². The van der Waals surface area contributed by atoms with Gasteiger partial charge in [0.15, 0.2) is 0 Å². The number of allylic oxidation sites excluding steroid dienone is 4. The molecule has 156 valence electrons. The molecule has 0 unspecified atom stereocenters. The molecule has 0 aliphatic carbocycles. The van der Waals surface area contributed by atoms with Crippen molar-refractivity contribution >= 4 is 33.2 Å².